The van der Waals surface area contributed by atoms with Crippen LogP contribution in [-0.4, -0.2) is 134 Å². The van der Waals surface area contributed by atoms with Gasteiger partial charge in [-0.15, -0.1) is 0 Å². The summed E-state index contributed by atoms with van der Waals surface area (Å²) in [6.07, 6.45) is -4.59. The van der Waals surface area contributed by atoms with E-state index in [4.69, 9.17) is 23.7 Å². The fourth-order valence-corrected chi connectivity index (χ4v) is 14.2. The summed E-state index contributed by atoms with van der Waals surface area (Å²) >= 11 is 0. The van der Waals surface area contributed by atoms with Crippen molar-refractivity contribution in [1.29, 1.82) is 0 Å². The third-order valence-corrected chi connectivity index (χ3v) is 16.6. The summed E-state index contributed by atoms with van der Waals surface area (Å²) in [5, 5.41) is 53.3. The van der Waals surface area contributed by atoms with Gasteiger partial charge in [-0.05, 0) is 43.9 Å². The van der Waals surface area contributed by atoms with Crippen LogP contribution in [0.1, 0.15) is 61.3 Å². The Labute approximate surface area is 318 Å². The van der Waals surface area contributed by atoms with E-state index in [1.807, 2.05) is 20.8 Å². The van der Waals surface area contributed by atoms with Gasteiger partial charge in [0.2, 0.25) is 17.6 Å². The number of carbonyl (C=O) groups is 5. The molecule has 0 bridgehead atoms. The standard InChI is InChI=1S/C39H52N2O14/c1-14-22-25(37(6)38(7,50)34(49)55-39(37)32(14)54-39)28(47)23-21-24(30(51-15(2)42)33(36(22,23)5)52-16(3)43)35(4)17(13-18-29(53-18)31(35)48)26(27(21)46)40-19(44)10-12-41-11-8-9-20(41)45/h8-9,14,17-18,21-33,46-48,50H,10-13H2,1-7H3,(H,40,44)/t14-,17+,18-,21?,22-,23+,24?,25-,26+,27+,28+,29-,30-,31-,32+,33-,35-,36+,37-,38+,39-/m0/s1. The van der Waals surface area contributed by atoms with Gasteiger partial charge in [0.05, 0.1) is 35.9 Å². The molecule has 8 fully saturated rings. The van der Waals surface area contributed by atoms with Gasteiger partial charge in [0, 0.05) is 68.0 Å². The third-order valence-electron chi connectivity index (χ3n) is 16.6. The second kappa shape index (κ2) is 11.5. The SMILES string of the molecule is CC(=O)O[C@H]1C2C([C@@H](O)[C@H](NC(=O)CCN3CC=CC3=O)[C@H]3C[C@@H]4O[C@@H]4[C@H](O)[C@]23C)[C@@H]2[C@@H](O)[C@@H]3[C@H]([C@H](C)[C@H]4O[C@]45OC(=O)[C@@](C)(O)[C@]35C)[C@@]2(C)[C@H]1OC(C)=O. The maximum absolute atomic E-state index is 13.8. The van der Waals surface area contributed by atoms with Crippen molar-refractivity contribution < 1.29 is 68.1 Å². The van der Waals surface area contributed by atoms with E-state index in [2.05, 4.69) is 5.32 Å². The quantitative estimate of drug-likeness (QED) is 0.126. The van der Waals surface area contributed by atoms with Gasteiger partial charge in [-0.2, -0.15) is 0 Å². The number of hydrogen-bond donors (Lipinski definition) is 5. The second-order valence-corrected chi connectivity index (χ2v) is 18.7. The van der Waals surface area contributed by atoms with Gasteiger partial charge in [-0.1, -0.05) is 26.8 Å². The number of carbonyl (C=O) groups excluding carboxylic acids is 5. The number of nitrogens with one attached hydrogen (secondary N) is 1. The van der Waals surface area contributed by atoms with Crippen LogP contribution in [0.3, 0.4) is 0 Å². The van der Waals surface area contributed by atoms with Crippen molar-refractivity contribution in [1.82, 2.24) is 10.2 Å². The Kier molecular flexibility index (Phi) is 7.82. The van der Waals surface area contributed by atoms with Gasteiger partial charge in [0.25, 0.3) is 0 Å². The molecule has 2 amide bonds. The molecule has 3 saturated heterocycles. The number of aliphatic hydroxyl groups excluding tert-OH is 3. The summed E-state index contributed by atoms with van der Waals surface area (Å²) in [6.45, 7) is 11.6. The van der Waals surface area contributed by atoms with E-state index in [9.17, 15) is 44.4 Å². The molecule has 0 aromatic carbocycles. The Bertz CT molecular complexity index is 1790. The predicted octanol–water partition coefficient (Wildman–Crippen LogP) is -0.814. The van der Waals surface area contributed by atoms with E-state index in [1.54, 1.807) is 13.0 Å². The molecule has 16 heteroatoms. The number of aliphatic hydroxyl groups is 4. The van der Waals surface area contributed by atoms with Crippen molar-refractivity contribution in [2.75, 3.05) is 13.1 Å². The van der Waals surface area contributed by atoms with Crippen molar-refractivity contribution in [2.24, 2.45) is 57.7 Å². The smallest absolute Gasteiger partial charge is 0.341 e. The van der Waals surface area contributed by atoms with Crippen LogP contribution in [0.5, 0.6) is 0 Å². The van der Waals surface area contributed by atoms with Crippen LogP contribution < -0.4 is 5.32 Å². The number of rotatable bonds is 6. The minimum atomic E-state index is -2.12. The van der Waals surface area contributed by atoms with E-state index >= 15 is 0 Å². The Balaban J connectivity index is 1.20. The van der Waals surface area contributed by atoms with E-state index in [0.717, 1.165) is 0 Å². The zero-order valence-corrected chi connectivity index (χ0v) is 32.0. The molecule has 0 aromatic rings. The summed E-state index contributed by atoms with van der Waals surface area (Å²) in [6, 6.07) is -0.983. The summed E-state index contributed by atoms with van der Waals surface area (Å²) in [5.74, 6) is -10.0. The summed E-state index contributed by atoms with van der Waals surface area (Å²) in [5.41, 5.74) is -6.20. The fraction of sp³-hybridized carbons (Fsp3) is 0.821. The minimum absolute atomic E-state index is 0.0553. The number of fused-ring (bicyclic) bond motifs is 9. The molecule has 55 heavy (non-hydrogen) atoms. The van der Waals surface area contributed by atoms with Gasteiger partial charge in [-0.25, -0.2) is 4.79 Å². The van der Waals surface area contributed by atoms with Crippen LogP contribution >= 0.6 is 0 Å². The van der Waals surface area contributed by atoms with Crippen LogP contribution in [0.2, 0.25) is 0 Å². The van der Waals surface area contributed by atoms with E-state index in [-0.39, 0.29) is 25.0 Å². The maximum atomic E-state index is 13.8. The number of amides is 2. The first-order valence-electron chi connectivity index (χ1n) is 19.6. The van der Waals surface area contributed by atoms with Crippen molar-refractivity contribution in [3.05, 3.63) is 12.2 Å². The second-order valence-electron chi connectivity index (χ2n) is 18.7. The van der Waals surface area contributed by atoms with Gasteiger partial charge >= 0.3 is 17.9 Å². The van der Waals surface area contributed by atoms with Crippen molar-refractivity contribution in [3.63, 3.8) is 0 Å². The molecule has 302 valence electrons. The van der Waals surface area contributed by atoms with Crippen LogP contribution in [0.25, 0.3) is 0 Å². The molecule has 5 N–H and O–H groups in total. The molecule has 16 nitrogen and oxygen atoms in total. The summed E-state index contributed by atoms with van der Waals surface area (Å²) in [7, 11) is 0. The topological polar surface area (TPSA) is 234 Å². The van der Waals surface area contributed by atoms with Gasteiger partial charge < -0.3 is 54.3 Å². The molecule has 1 spiro atoms. The average Bonchev–Trinajstić information content (AvgIpc) is 3.97. The van der Waals surface area contributed by atoms with Crippen molar-refractivity contribution in [3.8, 4) is 0 Å². The maximum Gasteiger partial charge on any atom is 0.341 e. The van der Waals surface area contributed by atoms with E-state index < -0.39 is 142 Å². The highest BCUT2D eigenvalue weighted by atomic mass is 16.8. The first kappa shape index (κ1) is 37.4. The molecule has 5 saturated carbocycles. The van der Waals surface area contributed by atoms with Crippen molar-refractivity contribution >= 4 is 29.7 Å². The molecular formula is C39H52N2O14. The number of esters is 3. The predicted molar refractivity (Wildman–Crippen MR) is 183 cm³/mol. The lowest BCUT2D eigenvalue weighted by Crippen LogP contribution is -2.76. The first-order chi connectivity index (χ1) is 25.7. The highest BCUT2D eigenvalue weighted by Gasteiger charge is 2.93. The fourth-order valence-electron chi connectivity index (χ4n) is 14.2. The molecule has 9 rings (SSSR count). The molecule has 5 aliphatic carbocycles. The first-order valence-corrected chi connectivity index (χ1v) is 19.6. The molecule has 4 aliphatic heterocycles. The number of nitrogens with zero attached hydrogens (tertiary/aromatic N) is 1. The van der Waals surface area contributed by atoms with E-state index in [1.165, 1.54) is 31.7 Å². The molecular weight excluding hydrogens is 720 g/mol. The zero-order valence-electron chi connectivity index (χ0n) is 32.0. The highest BCUT2D eigenvalue weighted by Crippen LogP contribution is 2.80. The molecule has 21 atom stereocenters. The molecule has 9 aliphatic rings. The Morgan fingerprint density at radius 3 is 2.29 bits per heavy atom. The average molecular weight is 773 g/mol. The van der Waals surface area contributed by atoms with Crippen LogP contribution in [-0.2, 0) is 47.7 Å². The Hall–Kier alpha value is -3.15. The van der Waals surface area contributed by atoms with Crippen molar-refractivity contribution in [2.45, 2.75) is 128 Å². The summed E-state index contributed by atoms with van der Waals surface area (Å²) < 4.78 is 30.5. The van der Waals surface area contributed by atoms with E-state index in [0.29, 0.717) is 13.0 Å². The minimum Gasteiger partial charge on any atom is -0.458 e. The molecule has 0 radical (unpaired) electrons. The molecule has 0 aromatic heterocycles. The van der Waals surface area contributed by atoms with Gasteiger partial charge in [0.1, 0.15) is 24.4 Å². The normalized spacial score (nSPS) is 56.1. The van der Waals surface area contributed by atoms with Gasteiger partial charge in [-0.3, -0.25) is 19.2 Å². The lowest BCUT2D eigenvalue weighted by atomic mass is 9.40. The zero-order chi connectivity index (χ0) is 39.7. The number of epoxide rings is 2. The largest absolute Gasteiger partial charge is 0.458 e. The lowest BCUT2D eigenvalue weighted by molar-refractivity contribution is -0.285. The summed E-state index contributed by atoms with van der Waals surface area (Å²) in [4.78, 5) is 67.3. The van der Waals surface area contributed by atoms with Gasteiger partial charge in [0.15, 0.2) is 5.60 Å². The number of hydrogen-bond acceptors (Lipinski definition) is 14. The monoisotopic (exact) mass is 772 g/mol. The number of ether oxygens (including phenoxy) is 5. The Morgan fingerprint density at radius 2 is 1.65 bits per heavy atom. The molecule has 2 unspecified atom stereocenters. The Morgan fingerprint density at radius 1 is 0.964 bits per heavy atom. The molecule has 4 heterocycles. The van der Waals surface area contributed by atoms with Crippen LogP contribution in [0.15, 0.2) is 12.2 Å². The van der Waals surface area contributed by atoms with Crippen LogP contribution in [0.4, 0.5) is 0 Å². The third kappa shape index (κ3) is 4.41. The van der Waals surface area contributed by atoms with Crippen LogP contribution in [0, 0.1) is 57.7 Å². The highest BCUT2D eigenvalue weighted by molar-refractivity contribution is 5.90. The lowest BCUT2D eigenvalue weighted by Gasteiger charge is -2.67.